The van der Waals surface area contributed by atoms with E-state index in [1.165, 1.54) is 0 Å². The molecule has 28 heavy (non-hydrogen) atoms. The topological polar surface area (TPSA) is 74.1 Å². The molecule has 0 N–H and O–H groups in total. The Bertz CT molecular complexity index is 953. The van der Waals surface area contributed by atoms with Crippen molar-refractivity contribution in [1.82, 2.24) is 14.1 Å². The van der Waals surface area contributed by atoms with Gasteiger partial charge in [0, 0.05) is 44.7 Å². The van der Waals surface area contributed by atoms with Crippen LogP contribution in [0.2, 0.25) is 0 Å². The number of furan rings is 1. The first-order valence-corrected chi connectivity index (χ1v) is 11.4. The molecule has 0 saturated carbocycles. The van der Waals surface area contributed by atoms with Crippen molar-refractivity contribution in [2.75, 3.05) is 46.3 Å². The van der Waals surface area contributed by atoms with Crippen molar-refractivity contribution < 1.29 is 17.6 Å². The minimum absolute atomic E-state index is 0.138. The molecule has 2 aromatic rings. The molecule has 0 unspecified atom stereocenters. The van der Waals surface area contributed by atoms with E-state index in [0.29, 0.717) is 37.1 Å². The van der Waals surface area contributed by atoms with Crippen molar-refractivity contribution >= 4 is 26.9 Å². The summed E-state index contributed by atoms with van der Waals surface area (Å²) in [5.41, 5.74) is 0.535. The molecule has 2 saturated heterocycles. The number of carbonyl (C=O) groups excluding carboxylic acids is 1. The lowest BCUT2D eigenvalue weighted by atomic mass is 10.2. The summed E-state index contributed by atoms with van der Waals surface area (Å²) in [7, 11) is -1.49. The van der Waals surface area contributed by atoms with Crippen LogP contribution in [-0.4, -0.2) is 74.7 Å². The average Bonchev–Trinajstić information content (AvgIpc) is 2.91. The van der Waals surface area contributed by atoms with E-state index in [1.54, 1.807) is 33.5 Å². The zero-order valence-electron chi connectivity index (χ0n) is 16.3. The summed E-state index contributed by atoms with van der Waals surface area (Å²) in [6, 6.07) is 6.52. The lowest BCUT2D eigenvalue weighted by Gasteiger charge is -2.31. The molecule has 1 aromatic heterocycles. The van der Waals surface area contributed by atoms with Gasteiger partial charge in [-0.25, -0.2) is 8.42 Å². The van der Waals surface area contributed by atoms with Crippen LogP contribution in [0.5, 0.6) is 0 Å². The zero-order valence-corrected chi connectivity index (χ0v) is 17.1. The third-order valence-corrected chi connectivity index (χ3v) is 7.59. The Labute approximate surface area is 165 Å². The van der Waals surface area contributed by atoms with Crippen LogP contribution in [0.15, 0.2) is 33.6 Å². The molecule has 4 rings (SSSR count). The second-order valence-corrected chi connectivity index (χ2v) is 9.66. The van der Waals surface area contributed by atoms with E-state index in [-0.39, 0.29) is 16.6 Å². The number of amides is 1. The highest BCUT2D eigenvalue weighted by molar-refractivity contribution is 7.89. The van der Waals surface area contributed by atoms with Crippen molar-refractivity contribution in [2.24, 2.45) is 0 Å². The number of hydrogen-bond donors (Lipinski definition) is 0. The van der Waals surface area contributed by atoms with Gasteiger partial charge in [0.05, 0.1) is 4.90 Å². The number of carbonyl (C=O) groups is 1. The van der Waals surface area contributed by atoms with Gasteiger partial charge in [0.15, 0.2) is 5.76 Å². The summed E-state index contributed by atoms with van der Waals surface area (Å²) in [5, 5.41) is 0.647. The van der Waals surface area contributed by atoms with Crippen LogP contribution in [0.4, 0.5) is 0 Å². The highest BCUT2D eigenvalue weighted by atomic mass is 32.2. The summed E-state index contributed by atoms with van der Waals surface area (Å²) in [5.74, 6) is 0.130. The Hall–Kier alpha value is -1.90. The minimum atomic E-state index is -3.52. The maximum absolute atomic E-state index is 13.0. The third-order valence-electron chi connectivity index (χ3n) is 5.69. The maximum Gasteiger partial charge on any atom is 0.289 e. The Morgan fingerprint density at radius 3 is 2.29 bits per heavy atom. The molecule has 7 nitrogen and oxygen atoms in total. The van der Waals surface area contributed by atoms with Crippen LogP contribution in [0.1, 0.15) is 36.2 Å². The van der Waals surface area contributed by atoms with E-state index in [4.69, 9.17) is 4.42 Å². The summed E-state index contributed by atoms with van der Waals surface area (Å²) >= 11 is 0. The molecule has 152 valence electrons. The molecule has 0 bridgehead atoms. The fraction of sp³-hybridized carbons (Fsp3) is 0.550. The number of piperazine rings is 1. The SMILES string of the molecule is CN1CCN(C(=O)c2cc3cc(S(=O)(=O)N4CCCCCC4)ccc3o2)CC1. The molecule has 2 fully saturated rings. The zero-order chi connectivity index (χ0) is 19.7. The standard InChI is InChI=1S/C20H27N3O4S/c1-21-10-12-22(13-11-21)20(24)19-15-16-14-17(6-7-18(16)27-19)28(25,26)23-8-4-2-3-5-9-23/h6-7,14-15H,2-5,8-13H2,1H3. The van der Waals surface area contributed by atoms with Gasteiger partial charge in [-0.15, -0.1) is 0 Å². The van der Waals surface area contributed by atoms with Gasteiger partial charge in [0.2, 0.25) is 10.0 Å². The number of likely N-dealkylation sites (N-methyl/N-ethyl adjacent to an activating group) is 1. The first-order valence-electron chi connectivity index (χ1n) is 9.97. The second-order valence-electron chi connectivity index (χ2n) is 7.72. The van der Waals surface area contributed by atoms with Gasteiger partial charge < -0.3 is 14.2 Å². The molecule has 2 aliphatic rings. The highest BCUT2D eigenvalue weighted by Crippen LogP contribution is 2.27. The van der Waals surface area contributed by atoms with Crippen LogP contribution >= 0.6 is 0 Å². The number of benzene rings is 1. The Morgan fingerprint density at radius 2 is 1.61 bits per heavy atom. The van der Waals surface area contributed by atoms with Crippen molar-refractivity contribution in [2.45, 2.75) is 30.6 Å². The van der Waals surface area contributed by atoms with Crippen LogP contribution in [0, 0.1) is 0 Å². The molecule has 0 aliphatic carbocycles. The molecule has 0 radical (unpaired) electrons. The first kappa shape index (κ1) is 19.4. The second kappa shape index (κ2) is 7.85. The summed E-state index contributed by atoms with van der Waals surface area (Å²) in [4.78, 5) is 17.0. The summed E-state index contributed by atoms with van der Waals surface area (Å²) in [6.07, 6.45) is 3.95. The van der Waals surface area contributed by atoms with Crippen molar-refractivity contribution in [1.29, 1.82) is 0 Å². The van der Waals surface area contributed by atoms with E-state index in [0.717, 1.165) is 38.8 Å². The largest absolute Gasteiger partial charge is 0.451 e. The first-order chi connectivity index (χ1) is 13.4. The van der Waals surface area contributed by atoms with Crippen LogP contribution in [0.25, 0.3) is 11.0 Å². The van der Waals surface area contributed by atoms with Crippen molar-refractivity contribution in [3.05, 3.63) is 30.0 Å². The monoisotopic (exact) mass is 405 g/mol. The molecule has 1 amide bonds. The summed E-state index contributed by atoms with van der Waals surface area (Å²) < 4.78 is 33.3. The Kier molecular flexibility index (Phi) is 5.44. The van der Waals surface area contributed by atoms with E-state index < -0.39 is 10.0 Å². The van der Waals surface area contributed by atoms with Gasteiger partial charge in [-0.2, -0.15) is 4.31 Å². The van der Waals surface area contributed by atoms with Crippen LogP contribution < -0.4 is 0 Å². The van der Waals surface area contributed by atoms with E-state index >= 15 is 0 Å². The smallest absolute Gasteiger partial charge is 0.289 e. The number of rotatable bonds is 3. The fourth-order valence-electron chi connectivity index (χ4n) is 3.88. The van der Waals surface area contributed by atoms with E-state index in [1.807, 2.05) is 7.05 Å². The summed E-state index contributed by atoms with van der Waals surface area (Å²) in [6.45, 7) is 4.15. The van der Waals surface area contributed by atoms with Gasteiger partial charge in [-0.3, -0.25) is 4.79 Å². The lowest BCUT2D eigenvalue weighted by Crippen LogP contribution is -2.47. The van der Waals surface area contributed by atoms with E-state index in [2.05, 4.69) is 4.90 Å². The average molecular weight is 406 g/mol. The Morgan fingerprint density at radius 1 is 0.929 bits per heavy atom. The van der Waals surface area contributed by atoms with Gasteiger partial charge in [-0.05, 0) is 44.2 Å². The predicted octanol–water partition coefficient (Wildman–Crippen LogP) is 2.39. The molecule has 0 atom stereocenters. The normalized spacial score (nSPS) is 20.4. The van der Waals surface area contributed by atoms with Crippen LogP contribution in [-0.2, 0) is 10.0 Å². The number of sulfonamides is 1. The molecule has 8 heteroatoms. The van der Waals surface area contributed by atoms with Crippen LogP contribution in [0.3, 0.4) is 0 Å². The molecule has 3 heterocycles. The lowest BCUT2D eigenvalue weighted by molar-refractivity contribution is 0.0635. The number of nitrogens with zero attached hydrogens (tertiary/aromatic N) is 3. The van der Waals surface area contributed by atoms with Gasteiger partial charge >= 0.3 is 0 Å². The van der Waals surface area contributed by atoms with Gasteiger partial charge in [0.25, 0.3) is 5.91 Å². The molecule has 1 aromatic carbocycles. The molecule has 2 aliphatic heterocycles. The molecular weight excluding hydrogens is 378 g/mol. The molecule has 0 spiro atoms. The molecular formula is C20H27N3O4S. The number of hydrogen-bond acceptors (Lipinski definition) is 5. The minimum Gasteiger partial charge on any atom is -0.451 e. The fourth-order valence-corrected chi connectivity index (χ4v) is 5.44. The van der Waals surface area contributed by atoms with Crippen molar-refractivity contribution in [3.63, 3.8) is 0 Å². The number of fused-ring (bicyclic) bond motifs is 1. The Balaban J connectivity index is 1.58. The van der Waals surface area contributed by atoms with Crippen molar-refractivity contribution in [3.8, 4) is 0 Å². The highest BCUT2D eigenvalue weighted by Gasteiger charge is 2.27. The quantitative estimate of drug-likeness (QED) is 0.784. The van der Waals surface area contributed by atoms with E-state index in [9.17, 15) is 13.2 Å². The third kappa shape index (κ3) is 3.81. The van der Waals surface area contributed by atoms with Gasteiger partial charge in [0.1, 0.15) is 5.58 Å². The van der Waals surface area contributed by atoms with Gasteiger partial charge in [-0.1, -0.05) is 12.8 Å². The maximum atomic E-state index is 13.0. The predicted molar refractivity (Wildman–Crippen MR) is 107 cm³/mol.